The minimum absolute atomic E-state index is 0.256. The molecule has 0 saturated carbocycles. The predicted molar refractivity (Wildman–Crippen MR) is 78.0 cm³/mol. The van der Waals surface area contributed by atoms with Crippen LogP contribution in [0.15, 0.2) is 18.2 Å². The van der Waals surface area contributed by atoms with E-state index in [9.17, 15) is 13.6 Å². The molecule has 1 aromatic carbocycles. The van der Waals surface area contributed by atoms with Gasteiger partial charge in [-0.1, -0.05) is 0 Å². The molecule has 1 N–H and O–H groups in total. The van der Waals surface area contributed by atoms with Crippen LogP contribution in [-0.4, -0.2) is 47.6 Å². The molecule has 1 fully saturated rings. The number of esters is 1. The standard InChI is InChI=1S/C13H18N2O5S/c1-2-20-13(16)11-9-10(14-21(17)18)3-4-12(11)15-5-7-19-8-6-15/h3-4,9,14H,2,5-8H2,1H3,(H,17,18)/p-1. The summed E-state index contributed by atoms with van der Waals surface area (Å²) in [5, 5.41) is 0. The Labute approximate surface area is 125 Å². The molecule has 116 valence electrons. The van der Waals surface area contributed by atoms with Crippen molar-refractivity contribution in [1.29, 1.82) is 0 Å². The summed E-state index contributed by atoms with van der Waals surface area (Å²) in [6.45, 7) is 4.51. The van der Waals surface area contributed by atoms with Gasteiger partial charge in [-0.2, -0.15) is 0 Å². The summed E-state index contributed by atoms with van der Waals surface area (Å²) in [5.74, 6) is -0.473. The second-order valence-electron chi connectivity index (χ2n) is 4.39. The van der Waals surface area contributed by atoms with E-state index in [4.69, 9.17) is 9.47 Å². The van der Waals surface area contributed by atoms with Crippen LogP contribution in [0.1, 0.15) is 17.3 Å². The molecule has 1 aliphatic heterocycles. The van der Waals surface area contributed by atoms with Crippen molar-refractivity contribution < 1.29 is 23.0 Å². The van der Waals surface area contributed by atoms with E-state index in [1.54, 1.807) is 19.1 Å². The molecule has 1 unspecified atom stereocenters. The molecule has 0 radical (unpaired) electrons. The van der Waals surface area contributed by atoms with Crippen LogP contribution < -0.4 is 9.62 Å². The van der Waals surface area contributed by atoms with E-state index < -0.39 is 17.2 Å². The molecule has 0 bridgehead atoms. The molecule has 21 heavy (non-hydrogen) atoms. The minimum atomic E-state index is -2.44. The smallest absolute Gasteiger partial charge is 0.340 e. The van der Waals surface area contributed by atoms with Gasteiger partial charge in [-0.3, -0.25) is 4.21 Å². The molecule has 1 aliphatic rings. The van der Waals surface area contributed by atoms with Gasteiger partial charge in [0, 0.05) is 30.0 Å². The number of hydrogen-bond donors (Lipinski definition) is 1. The largest absolute Gasteiger partial charge is 0.755 e. The van der Waals surface area contributed by atoms with E-state index in [-0.39, 0.29) is 6.61 Å². The fourth-order valence-corrected chi connectivity index (χ4v) is 2.47. The SMILES string of the molecule is CCOC(=O)c1cc(NS(=O)[O-])ccc1N1CCOCC1. The van der Waals surface area contributed by atoms with Gasteiger partial charge in [0.2, 0.25) is 0 Å². The highest BCUT2D eigenvalue weighted by Gasteiger charge is 2.20. The van der Waals surface area contributed by atoms with Crippen molar-refractivity contribution in [2.24, 2.45) is 0 Å². The Hall–Kier alpha value is -1.64. The third kappa shape index (κ3) is 4.16. The summed E-state index contributed by atoms with van der Waals surface area (Å²) in [7, 11) is 0. The van der Waals surface area contributed by atoms with E-state index in [1.807, 2.05) is 4.90 Å². The maximum Gasteiger partial charge on any atom is 0.340 e. The van der Waals surface area contributed by atoms with Gasteiger partial charge < -0.3 is 23.6 Å². The highest BCUT2D eigenvalue weighted by Crippen LogP contribution is 2.26. The second kappa shape index (κ2) is 7.39. The normalized spacial score (nSPS) is 16.4. The van der Waals surface area contributed by atoms with Crippen LogP contribution in [0.5, 0.6) is 0 Å². The Kier molecular flexibility index (Phi) is 5.54. The van der Waals surface area contributed by atoms with Gasteiger partial charge in [0.05, 0.1) is 31.1 Å². The summed E-state index contributed by atoms with van der Waals surface area (Å²) in [5.41, 5.74) is 1.39. The van der Waals surface area contributed by atoms with Crippen LogP contribution in [-0.2, 0) is 20.7 Å². The van der Waals surface area contributed by atoms with Crippen molar-refractivity contribution in [2.45, 2.75) is 6.92 Å². The molecule has 2 rings (SSSR count). The zero-order valence-corrected chi connectivity index (χ0v) is 12.5. The zero-order chi connectivity index (χ0) is 15.2. The van der Waals surface area contributed by atoms with E-state index in [0.717, 1.165) is 5.69 Å². The number of carbonyl (C=O) groups excluding carboxylic acids is 1. The number of nitrogens with zero attached hydrogens (tertiary/aromatic N) is 1. The first-order valence-corrected chi connectivity index (χ1v) is 7.69. The van der Waals surface area contributed by atoms with E-state index in [2.05, 4.69) is 4.72 Å². The molecule has 1 atom stereocenters. The maximum absolute atomic E-state index is 12.1. The number of carbonyl (C=O) groups is 1. The van der Waals surface area contributed by atoms with Gasteiger partial charge in [0.25, 0.3) is 0 Å². The van der Waals surface area contributed by atoms with Crippen LogP contribution in [0, 0.1) is 0 Å². The number of hydrogen-bond acceptors (Lipinski definition) is 6. The zero-order valence-electron chi connectivity index (χ0n) is 11.7. The lowest BCUT2D eigenvalue weighted by atomic mass is 10.1. The van der Waals surface area contributed by atoms with Crippen LogP contribution in [0.2, 0.25) is 0 Å². The quantitative estimate of drug-likeness (QED) is 0.642. The Morgan fingerprint density at radius 1 is 1.48 bits per heavy atom. The van der Waals surface area contributed by atoms with Crippen molar-refractivity contribution in [3.05, 3.63) is 23.8 Å². The molecule has 0 spiro atoms. The maximum atomic E-state index is 12.1. The first kappa shape index (κ1) is 15.7. The summed E-state index contributed by atoms with van der Waals surface area (Å²) >= 11 is -2.44. The van der Waals surface area contributed by atoms with Crippen molar-refractivity contribution in [3.8, 4) is 0 Å². The van der Waals surface area contributed by atoms with Crippen LogP contribution in [0.25, 0.3) is 0 Å². The topological polar surface area (TPSA) is 90.9 Å². The fraction of sp³-hybridized carbons (Fsp3) is 0.462. The third-order valence-electron chi connectivity index (χ3n) is 3.04. The Morgan fingerprint density at radius 3 is 2.81 bits per heavy atom. The molecular formula is C13H17N2O5S-. The van der Waals surface area contributed by atoms with E-state index in [1.165, 1.54) is 6.07 Å². The summed E-state index contributed by atoms with van der Waals surface area (Å²) < 4.78 is 34.0. The molecule has 0 aromatic heterocycles. The first-order valence-electron chi connectivity index (χ1n) is 6.61. The highest BCUT2D eigenvalue weighted by atomic mass is 32.2. The molecule has 1 saturated heterocycles. The van der Waals surface area contributed by atoms with Gasteiger partial charge in [-0.05, 0) is 25.1 Å². The monoisotopic (exact) mass is 313 g/mol. The van der Waals surface area contributed by atoms with Crippen LogP contribution in [0.3, 0.4) is 0 Å². The molecule has 0 aliphatic carbocycles. The van der Waals surface area contributed by atoms with Gasteiger partial charge in [0.1, 0.15) is 0 Å². The van der Waals surface area contributed by atoms with E-state index in [0.29, 0.717) is 37.6 Å². The molecule has 1 aromatic rings. The molecule has 7 nitrogen and oxygen atoms in total. The summed E-state index contributed by atoms with van der Waals surface area (Å²) in [4.78, 5) is 14.1. The van der Waals surface area contributed by atoms with Gasteiger partial charge in [0.15, 0.2) is 0 Å². The number of nitrogens with one attached hydrogen (secondary N) is 1. The molecule has 1 heterocycles. The minimum Gasteiger partial charge on any atom is -0.755 e. The van der Waals surface area contributed by atoms with Crippen LogP contribution in [0.4, 0.5) is 11.4 Å². The van der Waals surface area contributed by atoms with Crippen LogP contribution >= 0.6 is 0 Å². The average Bonchev–Trinajstić information content (AvgIpc) is 2.48. The third-order valence-corrected chi connectivity index (χ3v) is 3.45. The fourth-order valence-electron chi connectivity index (χ4n) is 2.15. The van der Waals surface area contributed by atoms with Gasteiger partial charge in [-0.15, -0.1) is 0 Å². The average molecular weight is 313 g/mol. The molecule has 8 heteroatoms. The number of ether oxygens (including phenoxy) is 2. The Balaban J connectivity index is 2.32. The predicted octanol–water partition coefficient (Wildman–Crippen LogP) is 0.906. The van der Waals surface area contributed by atoms with Crippen molar-refractivity contribution in [2.75, 3.05) is 42.5 Å². The number of anilines is 2. The van der Waals surface area contributed by atoms with Crippen molar-refractivity contribution in [1.82, 2.24) is 0 Å². The van der Waals surface area contributed by atoms with Gasteiger partial charge in [-0.25, -0.2) is 4.79 Å². The molecular weight excluding hydrogens is 296 g/mol. The number of benzene rings is 1. The van der Waals surface area contributed by atoms with Gasteiger partial charge >= 0.3 is 5.97 Å². The Morgan fingerprint density at radius 2 is 2.19 bits per heavy atom. The lowest BCUT2D eigenvalue weighted by molar-refractivity contribution is 0.0526. The highest BCUT2D eigenvalue weighted by molar-refractivity contribution is 7.80. The first-order chi connectivity index (χ1) is 10.1. The lowest BCUT2D eigenvalue weighted by Gasteiger charge is -2.30. The Bertz CT molecular complexity index is 531. The van der Waals surface area contributed by atoms with Crippen molar-refractivity contribution in [3.63, 3.8) is 0 Å². The second-order valence-corrected chi connectivity index (χ2v) is 5.06. The number of morpholine rings is 1. The lowest BCUT2D eigenvalue weighted by Crippen LogP contribution is -2.37. The molecule has 0 amide bonds. The number of rotatable bonds is 5. The summed E-state index contributed by atoms with van der Waals surface area (Å²) in [6.07, 6.45) is 0. The van der Waals surface area contributed by atoms with E-state index >= 15 is 0 Å². The summed E-state index contributed by atoms with van der Waals surface area (Å²) in [6, 6.07) is 4.81. The van der Waals surface area contributed by atoms with Crippen molar-refractivity contribution >= 4 is 28.6 Å².